The number of aromatic nitrogens is 1. The first-order chi connectivity index (χ1) is 21.8. The van der Waals surface area contributed by atoms with Gasteiger partial charge in [0.15, 0.2) is 0 Å². The maximum absolute atomic E-state index is 4.70. The van der Waals surface area contributed by atoms with Crippen molar-refractivity contribution in [2.24, 2.45) is 0 Å². The highest BCUT2D eigenvalue weighted by Gasteiger charge is 2.21. The van der Waals surface area contributed by atoms with Gasteiger partial charge in [-0.05, 0) is 94.7 Å². The average Bonchev–Trinajstić information content (AvgIpc) is 3.10. The van der Waals surface area contributed by atoms with Gasteiger partial charge in [0.1, 0.15) is 0 Å². The van der Waals surface area contributed by atoms with Gasteiger partial charge in [0.25, 0.3) is 0 Å². The van der Waals surface area contributed by atoms with Crippen molar-refractivity contribution >= 4 is 54.0 Å². The first kappa shape index (κ1) is 24.8. The highest BCUT2D eigenvalue weighted by molar-refractivity contribution is 6.26. The van der Waals surface area contributed by atoms with Crippen molar-refractivity contribution < 1.29 is 0 Å². The molecule has 0 radical (unpaired) electrons. The third-order valence-corrected chi connectivity index (χ3v) is 9.09. The van der Waals surface area contributed by atoms with Gasteiger partial charge in [0.2, 0.25) is 0 Å². The van der Waals surface area contributed by atoms with Gasteiger partial charge in [-0.25, -0.2) is 0 Å². The van der Waals surface area contributed by atoms with Crippen LogP contribution in [0.4, 0.5) is 0 Å². The third-order valence-electron chi connectivity index (χ3n) is 9.09. The standard InChI is InChI=1S/C43H27N/c1-2-13-30-27-31(22-21-28(30)11-1)41-35-16-5-7-18-37(35)43(38-19-8-6-17-36(38)41)42-32-14-4-3-12-29(32)23-24-39(42)33-25-26-44-40-20-10-9-15-34(33)40/h1-27H. The number of fused-ring (bicyclic) bond motifs is 5. The Bertz CT molecular complexity index is 2500. The molecule has 0 spiro atoms. The second-order valence-electron chi connectivity index (χ2n) is 11.5. The van der Waals surface area contributed by atoms with E-state index in [0.29, 0.717) is 0 Å². The Morgan fingerprint density at radius 2 is 0.864 bits per heavy atom. The second-order valence-corrected chi connectivity index (χ2v) is 11.5. The lowest BCUT2D eigenvalue weighted by Crippen LogP contribution is -1.95. The lowest BCUT2D eigenvalue weighted by atomic mass is 9.81. The first-order valence-corrected chi connectivity index (χ1v) is 15.1. The number of nitrogens with zero attached hydrogens (tertiary/aromatic N) is 1. The summed E-state index contributed by atoms with van der Waals surface area (Å²) in [7, 11) is 0. The molecule has 1 heterocycles. The topological polar surface area (TPSA) is 12.9 Å². The summed E-state index contributed by atoms with van der Waals surface area (Å²) < 4.78 is 0. The fraction of sp³-hybridized carbons (Fsp3) is 0. The molecule has 44 heavy (non-hydrogen) atoms. The van der Waals surface area contributed by atoms with Crippen molar-refractivity contribution in [3.63, 3.8) is 0 Å². The van der Waals surface area contributed by atoms with Gasteiger partial charge in [-0.2, -0.15) is 0 Å². The quantitative estimate of drug-likeness (QED) is 0.197. The number of hydrogen-bond acceptors (Lipinski definition) is 1. The molecule has 0 aliphatic rings. The van der Waals surface area contributed by atoms with E-state index >= 15 is 0 Å². The maximum Gasteiger partial charge on any atom is 0.0708 e. The fourth-order valence-electron chi connectivity index (χ4n) is 7.15. The molecule has 0 atom stereocenters. The molecule has 0 aliphatic carbocycles. The van der Waals surface area contributed by atoms with Crippen molar-refractivity contribution in [1.82, 2.24) is 4.98 Å². The van der Waals surface area contributed by atoms with Gasteiger partial charge >= 0.3 is 0 Å². The Kier molecular flexibility index (Phi) is 5.57. The van der Waals surface area contributed by atoms with Crippen molar-refractivity contribution in [2.45, 2.75) is 0 Å². The Morgan fingerprint density at radius 3 is 1.59 bits per heavy atom. The van der Waals surface area contributed by atoms with E-state index in [0.717, 1.165) is 10.9 Å². The van der Waals surface area contributed by atoms with Crippen molar-refractivity contribution in [1.29, 1.82) is 0 Å². The molecule has 0 aliphatic heterocycles. The highest BCUT2D eigenvalue weighted by Crippen LogP contribution is 2.49. The van der Waals surface area contributed by atoms with Crippen LogP contribution in [0.5, 0.6) is 0 Å². The Hall–Kier alpha value is -5.79. The molecule has 0 fully saturated rings. The molecular formula is C43H27N. The zero-order chi connectivity index (χ0) is 29.0. The molecule has 0 bridgehead atoms. The third kappa shape index (κ3) is 3.76. The normalized spacial score (nSPS) is 11.6. The summed E-state index contributed by atoms with van der Waals surface area (Å²) in [6.07, 6.45) is 1.94. The molecule has 0 N–H and O–H groups in total. The van der Waals surface area contributed by atoms with Crippen LogP contribution in [-0.2, 0) is 0 Å². The molecule has 0 saturated carbocycles. The molecule has 9 rings (SSSR count). The summed E-state index contributed by atoms with van der Waals surface area (Å²) in [5, 5.41) is 11.2. The van der Waals surface area contributed by atoms with Crippen LogP contribution in [0.25, 0.3) is 87.4 Å². The van der Waals surface area contributed by atoms with Gasteiger partial charge in [0.05, 0.1) is 5.52 Å². The number of para-hydroxylation sites is 1. The monoisotopic (exact) mass is 557 g/mol. The second kappa shape index (κ2) is 9.90. The van der Waals surface area contributed by atoms with Crippen molar-refractivity contribution in [3.05, 3.63) is 164 Å². The molecule has 1 nitrogen and oxygen atoms in total. The molecule has 204 valence electrons. The number of rotatable bonds is 3. The predicted molar refractivity (Wildman–Crippen MR) is 188 cm³/mol. The number of benzene rings is 8. The van der Waals surface area contributed by atoms with Crippen LogP contribution in [0, 0.1) is 0 Å². The molecule has 0 amide bonds. The molecule has 1 heteroatoms. The largest absolute Gasteiger partial charge is 0.256 e. The Labute approximate surface area is 255 Å². The summed E-state index contributed by atoms with van der Waals surface area (Å²) in [5.41, 5.74) is 8.47. The average molecular weight is 558 g/mol. The SMILES string of the molecule is c1ccc2cc(-c3c4ccccc4c(-c4c(-c5ccnc6ccccc56)ccc5ccccc45)c4ccccc34)ccc2c1. The van der Waals surface area contributed by atoms with Crippen LogP contribution in [-0.4, -0.2) is 4.98 Å². The summed E-state index contributed by atoms with van der Waals surface area (Å²) in [6.45, 7) is 0. The summed E-state index contributed by atoms with van der Waals surface area (Å²) >= 11 is 0. The minimum atomic E-state index is 1.01. The molecule has 9 aromatic rings. The van der Waals surface area contributed by atoms with Crippen LogP contribution in [0.15, 0.2) is 164 Å². The van der Waals surface area contributed by atoms with Crippen LogP contribution in [0.1, 0.15) is 0 Å². The summed E-state index contributed by atoms with van der Waals surface area (Å²) in [4.78, 5) is 4.70. The molecule has 0 saturated heterocycles. The van der Waals surface area contributed by atoms with E-state index in [1.807, 2.05) is 6.20 Å². The number of pyridine rings is 1. The minimum absolute atomic E-state index is 1.01. The van der Waals surface area contributed by atoms with Crippen LogP contribution < -0.4 is 0 Å². The maximum atomic E-state index is 4.70. The van der Waals surface area contributed by atoms with Gasteiger partial charge in [-0.3, -0.25) is 4.98 Å². The number of hydrogen-bond donors (Lipinski definition) is 0. The summed E-state index contributed by atoms with van der Waals surface area (Å²) in [5.74, 6) is 0. The van der Waals surface area contributed by atoms with Gasteiger partial charge < -0.3 is 0 Å². The van der Waals surface area contributed by atoms with Crippen molar-refractivity contribution in [3.8, 4) is 33.4 Å². The Morgan fingerprint density at radius 1 is 0.318 bits per heavy atom. The van der Waals surface area contributed by atoms with E-state index in [2.05, 4.69) is 158 Å². The fourth-order valence-corrected chi connectivity index (χ4v) is 7.15. The minimum Gasteiger partial charge on any atom is -0.256 e. The van der Waals surface area contributed by atoms with Gasteiger partial charge in [-0.15, -0.1) is 0 Å². The molecule has 0 unspecified atom stereocenters. The van der Waals surface area contributed by atoms with Gasteiger partial charge in [0, 0.05) is 11.6 Å². The van der Waals surface area contributed by atoms with E-state index in [1.54, 1.807) is 0 Å². The van der Waals surface area contributed by atoms with E-state index in [9.17, 15) is 0 Å². The van der Waals surface area contributed by atoms with Gasteiger partial charge in [-0.1, -0.05) is 140 Å². The lowest BCUT2D eigenvalue weighted by Gasteiger charge is -2.22. The van der Waals surface area contributed by atoms with E-state index in [1.165, 1.54) is 76.5 Å². The first-order valence-electron chi connectivity index (χ1n) is 15.1. The van der Waals surface area contributed by atoms with Crippen LogP contribution >= 0.6 is 0 Å². The van der Waals surface area contributed by atoms with Crippen molar-refractivity contribution in [2.75, 3.05) is 0 Å². The summed E-state index contributed by atoms with van der Waals surface area (Å²) in [6, 6.07) is 57.4. The van der Waals surface area contributed by atoms with Crippen LogP contribution in [0.2, 0.25) is 0 Å². The van der Waals surface area contributed by atoms with E-state index in [4.69, 9.17) is 4.98 Å². The molecular weight excluding hydrogens is 530 g/mol. The van der Waals surface area contributed by atoms with E-state index in [-0.39, 0.29) is 0 Å². The lowest BCUT2D eigenvalue weighted by molar-refractivity contribution is 1.41. The van der Waals surface area contributed by atoms with E-state index < -0.39 is 0 Å². The zero-order valence-electron chi connectivity index (χ0n) is 24.0. The highest BCUT2D eigenvalue weighted by atomic mass is 14.6. The Balaban J connectivity index is 1.46. The molecule has 1 aromatic heterocycles. The predicted octanol–water partition coefficient (Wildman–Crippen LogP) is 11.8. The molecule has 8 aromatic carbocycles. The smallest absolute Gasteiger partial charge is 0.0708 e. The van der Waals surface area contributed by atoms with Crippen LogP contribution in [0.3, 0.4) is 0 Å². The zero-order valence-corrected chi connectivity index (χ0v) is 24.0.